The maximum absolute atomic E-state index is 12.3. The maximum Gasteiger partial charge on any atom is 0.269 e. The molecule has 28 heavy (non-hydrogen) atoms. The zero-order valence-corrected chi connectivity index (χ0v) is 16.0. The molecule has 0 aliphatic heterocycles. The molecule has 142 valence electrons. The van der Waals surface area contributed by atoms with Crippen molar-refractivity contribution in [1.82, 2.24) is 24.9 Å². The number of phenolic OH excluding ortho intramolecular Hbond substituents is 2. The van der Waals surface area contributed by atoms with Gasteiger partial charge in [0.1, 0.15) is 33.6 Å². The Morgan fingerprint density at radius 1 is 1.18 bits per heavy atom. The number of aromatic nitrogens is 4. The van der Waals surface area contributed by atoms with Gasteiger partial charge in [-0.25, -0.2) is 4.68 Å². The molecule has 0 saturated carbocycles. The lowest BCUT2D eigenvalue weighted by atomic mass is 10.1. The molecule has 0 atom stereocenters. The SMILES string of the molecule is CN(C)C(=O)c1cc2c(-c3c(S)nnn3-c3ccc(O)cc3O)cccc2[nH]1. The maximum atomic E-state index is 12.3. The van der Waals surface area contributed by atoms with E-state index in [1.54, 1.807) is 20.2 Å². The van der Waals surface area contributed by atoms with E-state index in [-0.39, 0.29) is 17.4 Å². The Morgan fingerprint density at radius 2 is 1.96 bits per heavy atom. The van der Waals surface area contributed by atoms with Gasteiger partial charge in [-0.3, -0.25) is 4.79 Å². The Bertz CT molecular complexity index is 1210. The van der Waals surface area contributed by atoms with Crippen LogP contribution in [0.15, 0.2) is 47.5 Å². The van der Waals surface area contributed by atoms with Crippen LogP contribution in [0, 0.1) is 0 Å². The Balaban J connectivity index is 1.94. The normalized spacial score (nSPS) is 11.1. The van der Waals surface area contributed by atoms with Gasteiger partial charge in [0.2, 0.25) is 0 Å². The standard InChI is InChI=1S/C19H17N5O3S/c1-23(2)19(27)14-9-12-11(4-3-5-13(12)20-14)17-18(28)21-22-24(17)15-7-6-10(25)8-16(15)26/h3-9,20,25-26,28H,1-2H3. The predicted molar refractivity (Wildman–Crippen MR) is 107 cm³/mol. The number of phenols is 2. The lowest BCUT2D eigenvalue weighted by molar-refractivity contribution is 0.0823. The molecular weight excluding hydrogens is 378 g/mol. The van der Waals surface area contributed by atoms with E-state index in [4.69, 9.17) is 0 Å². The summed E-state index contributed by atoms with van der Waals surface area (Å²) in [7, 11) is 3.38. The second-order valence-electron chi connectivity index (χ2n) is 6.50. The van der Waals surface area contributed by atoms with Crippen molar-refractivity contribution in [3.05, 3.63) is 48.2 Å². The second kappa shape index (κ2) is 6.61. The molecule has 0 bridgehead atoms. The van der Waals surface area contributed by atoms with Crippen LogP contribution in [-0.4, -0.2) is 55.1 Å². The predicted octanol–water partition coefficient (Wildman–Crippen LogP) is 2.82. The van der Waals surface area contributed by atoms with Crippen molar-refractivity contribution in [2.24, 2.45) is 0 Å². The Morgan fingerprint density at radius 3 is 2.68 bits per heavy atom. The first-order valence-corrected chi connectivity index (χ1v) is 8.82. The molecule has 0 unspecified atom stereocenters. The van der Waals surface area contributed by atoms with Gasteiger partial charge in [0.05, 0.1) is 0 Å². The number of nitrogens with one attached hydrogen (secondary N) is 1. The monoisotopic (exact) mass is 395 g/mol. The van der Waals surface area contributed by atoms with Gasteiger partial charge in [0.15, 0.2) is 0 Å². The summed E-state index contributed by atoms with van der Waals surface area (Å²) in [6.45, 7) is 0. The van der Waals surface area contributed by atoms with Crippen LogP contribution < -0.4 is 0 Å². The summed E-state index contributed by atoms with van der Waals surface area (Å²) in [5.74, 6) is -0.353. The summed E-state index contributed by atoms with van der Waals surface area (Å²) in [6.07, 6.45) is 0. The van der Waals surface area contributed by atoms with E-state index in [1.807, 2.05) is 18.2 Å². The lowest BCUT2D eigenvalue weighted by Crippen LogP contribution is -2.21. The smallest absolute Gasteiger partial charge is 0.269 e. The van der Waals surface area contributed by atoms with Crippen molar-refractivity contribution in [3.8, 4) is 28.4 Å². The second-order valence-corrected chi connectivity index (χ2v) is 6.92. The first-order valence-electron chi connectivity index (χ1n) is 8.37. The average Bonchev–Trinajstić information content (AvgIpc) is 3.24. The number of amides is 1. The zero-order valence-electron chi connectivity index (χ0n) is 15.1. The molecule has 0 spiro atoms. The third kappa shape index (κ3) is 2.85. The van der Waals surface area contributed by atoms with Crippen molar-refractivity contribution in [1.29, 1.82) is 0 Å². The van der Waals surface area contributed by atoms with Crippen molar-refractivity contribution in [2.75, 3.05) is 14.1 Å². The number of hydrogen-bond donors (Lipinski definition) is 4. The molecule has 1 amide bonds. The van der Waals surface area contributed by atoms with Crippen LogP contribution in [0.25, 0.3) is 27.8 Å². The van der Waals surface area contributed by atoms with Gasteiger partial charge in [-0.15, -0.1) is 17.7 Å². The first-order chi connectivity index (χ1) is 13.4. The molecule has 8 nitrogen and oxygen atoms in total. The summed E-state index contributed by atoms with van der Waals surface area (Å²) in [6, 6.07) is 11.6. The molecule has 0 saturated heterocycles. The fourth-order valence-electron chi connectivity index (χ4n) is 3.09. The Kier molecular flexibility index (Phi) is 4.23. The number of hydrogen-bond acceptors (Lipinski definition) is 6. The molecule has 2 aromatic carbocycles. The molecule has 9 heteroatoms. The Hall–Kier alpha value is -3.46. The number of nitrogens with zero attached hydrogens (tertiary/aromatic N) is 4. The Labute approximate surface area is 165 Å². The minimum absolute atomic E-state index is 0.0615. The van der Waals surface area contributed by atoms with Crippen molar-refractivity contribution < 1.29 is 15.0 Å². The summed E-state index contributed by atoms with van der Waals surface area (Å²) >= 11 is 4.43. The molecule has 3 N–H and O–H groups in total. The molecule has 4 aromatic rings. The summed E-state index contributed by atoms with van der Waals surface area (Å²) in [4.78, 5) is 17.0. The highest BCUT2D eigenvalue weighted by Gasteiger charge is 2.20. The number of H-pyrrole nitrogens is 1. The van der Waals surface area contributed by atoms with E-state index >= 15 is 0 Å². The number of aromatic hydroxyl groups is 2. The van der Waals surface area contributed by atoms with Crippen LogP contribution in [0.4, 0.5) is 0 Å². The summed E-state index contributed by atoms with van der Waals surface area (Å²) in [5.41, 5.74) is 2.88. The van der Waals surface area contributed by atoms with Crippen molar-refractivity contribution in [2.45, 2.75) is 5.03 Å². The number of carbonyl (C=O) groups excluding carboxylic acids is 1. The summed E-state index contributed by atoms with van der Waals surface area (Å²) < 4.78 is 1.45. The van der Waals surface area contributed by atoms with E-state index in [2.05, 4.69) is 27.9 Å². The van der Waals surface area contributed by atoms with E-state index in [9.17, 15) is 15.0 Å². The van der Waals surface area contributed by atoms with Crippen molar-refractivity contribution in [3.63, 3.8) is 0 Å². The van der Waals surface area contributed by atoms with Gasteiger partial charge >= 0.3 is 0 Å². The van der Waals surface area contributed by atoms with Gasteiger partial charge in [-0.1, -0.05) is 17.3 Å². The minimum atomic E-state index is -0.149. The molecule has 4 rings (SSSR count). The molecule has 0 fully saturated rings. The van der Waals surface area contributed by atoms with Crippen LogP contribution in [0.3, 0.4) is 0 Å². The van der Waals surface area contributed by atoms with Gasteiger partial charge < -0.3 is 20.1 Å². The van der Waals surface area contributed by atoms with E-state index in [0.29, 0.717) is 22.1 Å². The zero-order chi connectivity index (χ0) is 20.0. The van der Waals surface area contributed by atoms with Gasteiger partial charge in [0, 0.05) is 36.6 Å². The third-order valence-electron chi connectivity index (χ3n) is 4.40. The number of aromatic amines is 1. The fraction of sp³-hybridized carbons (Fsp3) is 0.105. The van der Waals surface area contributed by atoms with Gasteiger partial charge in [0.25, 0.3) is 5.91 Å². The van der Waals surface area contributed by atoms with Gasteiger partial charge in [-0.05, 0) is 24.3 Å². The molecule has 2 heterocycles. The van der Waals surface area contributed by atoms with Gasteiger partial charge in [-0.2, -0.15) is 0 Å². The number of rotatable bonds is 3. The number of benzene rings is 2. The molecular formula is C19H17N5O3S. The van der Waals surface area contributed by atoms with Crippen LogP contribution in [0.1, 0.15) is 10.5 Å². The average molecular weight is 395 g/mol. The quantitative estimate of drug-likeness (QED) is 0.399. The largest absolute Gasteiger partial charge is 0.508 e. The topological polar surface area (TPSA) is 107 Å². The highest BCUT2D eigenvalue weighted by atomic mass is 32.1. The molecule has 0 aliphatic carbocycles. The van der Waals surface area contributed by atoms with Crippen LogP contribution in [-0.2, 0) is 0 Å². The first kappa shape index (κ1) is 17.9. The number of carbonyl (C=O) groups is 1. The van der Waals surface area contributed by atoms with Crippen LogP contribution in [0.2, 0.25) is 0 Å². The number of fused-ring (bicyclic) bond motifs is 1. The highest BCUT2D eigenvalue weighted by molar-refractivity contribution is 7.80. The van der Waals surface area contributed by atoms with E-state index in [1.165, 1.54) is 27.8 Å². The lowest BCUT2D eigenvalue weighted by Gasteiger charge is -2.10. The van der Waals surface area contributed by atoms with E-state index < -0.39 is 0 Å². The highest BCUT2D eigenvalue weighted by Crippen LogP contribution is 2.36. The van der Waals surface area contributed by atoms with Crippen LogP contribution >= 0.6 is 12.6 Å². The molecule has 0 radical (unpaired) electrons. The van der Waals surface area contributed by atoms with Crippen LogP contribution in [0.5, 0.6) is 11.5 Å². The molecule has 2 aromatic heterocycles. The molecule has 0 aliphatic rings. The fourth-order valence-corrected chi connectivity index (χ4v) is 3.34. The minimum Gasteiger partial charge on any atom is -0.508 e. The summed E-state index contributed by atoms with van der Waals surface area (Å²) in [5, 5.41) is 29.1. The third-order valence-corrected chi connectivity index (χ3v) is 4.70. The van der Waals surface area contributed by atoms with Crippen molar-refractivity contribution >= 4 is 29.4 Å². The number of thiol groups is 1. The van der Waals surface area contributed by atoms with E-state index in [0.717, 1.165) is 16.5 Å².